The van der Waals surface area contributed by atoms with E-state index < -0.39 is 0 Å². The summed E-state index contributed by atoms with van der Waals surface area (Å²) in [7, 11) is 0. The van der Waals surface area contributed by atoms with Crippen LogP contribution < -0.4 is 5.32 Å². The van der Waals surface area contributed by atoms with E-state index in [1.165, 1.54) is 46.2 Å². The zero-order valence-electron chi connectivity index (χ0n) is 23.6. The molecule has 200 valence electrons. The van der Waals surface area contributed by atoms with Crippen LogP contribution in [0.4, 0.5) is 0 Å². The summed E-state index contributed by atoms with van der Waals surface area (Å²) in [5.41, 5.74) is 10.0. The molecule has 0 radical (unpaired) electrons. The zero-order chi connectivity index (χ0) is 27.1. The predicted octanol–water partition coefficient (Wildman–Crippen LogP) is 6.97. The predicted molar refractivity (Wildman–Crippen MR) is 159 cm³/mol. The Balaban J connectivity index is 0.000000185. The van der Waals surface area contributed by atoms with Crippen molar-refractivity contribution in [3.8, 4) is 0 Å². The lowest BCUT2D eigenvalue weighted by Crippen LogP contribution is -2.26. The summed E-state index contributed by atoms with van der Waals surface area (Å²) in [5, 5.41) is 13.9. The molecule has 2 aliphatic rings. The van der Waals surface area contributed by atoms with E-state index in [1.54, 1.807) is 6.33 Å². The molecular weight excluding hydrogens is 468 g/mol. The quantitative estimate of drug-likeness (QED) is 0.364. The number of hydrogen-bond donors (Lipinski definition) is 1. The molecule has 1 unspecified atom stereocenters. The minimum atomic E-state index is 0.408. The van der Waals surface area contributed by atoms with Crippen molar-refractivity contribution in [2.75, 3.05) is 13.1 Å². The Morgan fingerprint density at radius 3 is 2.63 bits per heavy atom. The van der Waals surface area contributed by atoms with Gasteiger partial charge in [0.15, 0.2) is 0 Å². The third kappa shape index (κ3) is 6.30. The number of aryl methyl sites for hydroxylation is 3. The van der Waals surface area contributed by atoms with Crippen LogP contribution in [0.1, 0.15) is 79.3 Å². The van der Waals surface area contributed by atoms with Crippen LogP contribution in [0, 0.1) is 20.8 Å². The van der Waals surface area contributed by atoms with E-state index in [-0.39, 0.29) is 0 Å². The van der Waals surface area contributed by atoms with E-state index in [2.05, 4.69) is 98.1 Å². The zero-order valence-corrected chi connectivity index (χ0v) is 23.6. The van der Waals surface area contributed by atoms with Crippen LogP contribution in [-0.2, 0) is 0 Å². The molecule has 0 saturated carbocycles. The van der Waals surface area contributed by atoms with Gasteiger partial charge in [-0.3, -0.25) is 0 Å². The second kappa shape index (κ2) is 12.8. The van der Waals surface area contributed by atoms with Crippen LogP contribution in [0.3, 0.4) is 0 Å². The lowest BCUT2D eigenvalue weighted by Gasteiger charge is -2.25. The number of rotatable bonds is 6. The molecule has 0 aliphatic carbocycles. The van der Waals surface area contributed by atoms with Gasteiger partial charge in [-0.05, 0) is 106 Å². The first-order valence-corrected chi connectivity index (χ1v) is 13.9. The normalized spacial score (nSPS) is 17.0. The number of aromatic nitrogens is 3. The molecule has 0 spiro atoms. The number of fused-ring (bicyclic) bond motifs is 1. The Morgan fingerprint density at radius 2 is 1.95 bits per heavy atom. The Labute approximate surface area is 227 Å². The second-order valence-corrected chi connectivity index (χ2v) is 10.3. The first-order chi connectivity index (χ1) is 18.4. The van der Waals surface area contributed by atoms with Crippen LogP contribution in [0.2, 0.25) is 0 Å². The second-order valence-electron chi connectivity index (χ2n) is 10.3. The van der Waals surface area contributed by atoms with E-state index >= 15 is 0 Å². The van der Waals surface area contributed by atoms with Crippen LogP contribution in [0.15, 0.2) is 78.1 Å². The van der Waals surface area contributed by atoms with Gasteiger partial charge >= 0.3 is 0 Å². The Hall–Kier alpha value is -3.51. The maximum absolute atomic E-state index is 4.38. The summed E-state index contributed by atoms with van der Waals surface area (Å²) in [5.74, 6) is 1.07. The third-order valence-electron chi connectivity index (χ3n) is 7.48. The number of benzene rings is 1. The minimum Gasteiger partial charge on any atom is -0.317 e. The van der Waals surface area contributed by atoms with E-state index in [9.17, 15) is 0 Å². The lowest BCUT2D eigenvalue weighted by atomic mass is 9.84. The topological polar surface area (TPSA) is 57.8 Å². The maximum atomic E-state index is 4.38. The molecular formula is C32H42N6. The van der Waals surface area contributed by atoms with Gasteiger partial charge in [0.05, 0.1) is 16.9 Å². The van der Waals surface area contributed by atoms with E-state index in [0.717, 1.165) is 37.3 Å². The number of nitrogens with zero attached hydrogens (tertiary/aromatic N) is 5. The van der Waals surface area contributed by atoms with Crippen molar-refractivity contribution in [1.29, 1.82) is 0 Å². The summed E-state index contributed by atoms with van der Waals surface area (Å²) in [6, 6.07) is 8.92. The fourth-order valence-corrected chi connectivity index (χ4v) is 5.51. The van der Waals surface area contributed by atoms with Crippen molar-refractivity contribution in [2.45, 2.75) is 72.1 Å². The molecule has 1 fully saturated rings. The van der Waals surface area contributed by atoms with Gasteiger partial charge in [-0.15, -0.1) is 0 Å². The molecule has 1 aromatic carbocycles. The number of nitrogens with one attached hydrogen (secondary N) is 1. The highest BCUT2D eigenvalue weighted by Crippen LogP contribution is 2.34. The van der Waals surface area contributed by atoms with E-state index in [1.807, 2.05) is 28.1 Å². The van der Waals surface area contributed by atoms with Gasteiger partial charge in [-0.25, -0.2) is 14.5 Å². The summed E-state index contributed by atoms with van der Waals surface area (Å²) in [4.78, 5) is 4.29. The van der Waals surface area contributed by atoms with Gasteiger partial charge in [0.2, 0.25) is 0 Å². The molecule has 4 heterocycles. The standard InChI is InChI=1S/C20H26N2.C12H16N4/c1-6-11-21-22-12-10-18(14-17(22)5)19(7-2)20-9-8-15(3)13-16(20)4;1-9-12-11(10-2-5-13-6-3-10)4-7-16(12)15-8-14-9/h8-14,19H,5-7H2,1-4H3;4,7-8,10,13H,2-3,5-6H2,1H3/b21-11-;. The average Bonchev–Trinajstić information content (AvgIpc) is 3.36. The van der Waals surface area contributed by atoms with E-state index in [0.29, 0.717) is 11.8 Å². The fourth-order valence-electron chi connectivity index (χ4n) is 5.51. The Bertz CT molecular complexity index is 1340. The maximum Gasteiger partial charge on any atom is 0.136 e. The monoisotopic (exact) mass is 510 g/mol. The highest BCUT2D eigenvalue weighted by Gasteiger charge is 2.20. The average molecular weight is 511 g/mol. The number of hydrazone groups is 1. The van der Waals surface area contributed by atoms with Crippen LogP contribution in [0.25, 0.3) is 5.52 Å². The van der Waals surface area contributed by atoms with Crippen molar-refractivity contribution in [3.63, 3.8) is 0 Å². The molecule has 2 aromatic heterocycles. The van der Waals surface area contributed by atoms with Crippen LogP contribution in [0.5, 0.6) is 0 Å². The fraction of sp³-hybridized carbons (Fsp3) is 0.406. The van der Waals surface area contributed by atoms with Crippen LogP contribution in [-0.4, -0.2) is 38.9 Å². The molecule has 38 heavy (non-hydrogen) atoms. The van der Waals surface area contributed by atoms with E-state index in [4.69, 9.17) is 0 Å². The van der Waals surface area contributed by atoms with Gasteiger partial charge in [0, 0.05) is 24.5 Å². The highest BCUT2D eigenvalue weighted by molar-refractivity contribution is 5.60. The van der Waals surface area contributed by atoms with Crippen molar-refractivity contribution in [1.82, 2.24) is 24.9 Å². The smallest absolute Gasteiger partial charge is 0.136 e. The molecule has 2 aliphatic heterocycles. The van der Waals surface area contributed by atoms with Gasteiger partial charge in [0.1, 0.15) is 6.33 Å². The number of allylic oxidation sites excluding steroid dienone is 3. The SMILES string of the molecule is C=C1C=C(C(CC)c2ccc(C)cc2C)C=CN1/N=C\CC.Cc1ncnn2ccc(C3CCNCC3)c12. The molecule has 6 heteroatoms. The summed E-state index contributed by atoms with van der Waals surface area (Å²) < 4.78 is 1.94. The molecule has 5 rings (SSSR count). The van der Waals surface area contributed by atoms with Gasteiger partial charge in [-0.2, -0.15) is 10.2 Å². The third-order valence-corrected chi connectivity index (χ3v) is 7.48. The van der Waals surface area contributed by atoms with Crippen LogP contribution >= 0.6 is 0 Å². The van der Waals surface area contributed by atoms with Crippen molar-refractivity contribution in [3.05, 3.63) is 101 Å². The first kappa shape index (κ1) is 27.5. The molecule has 1 saturated heterocycles. The summed E-state index contributed by atoms with van der Waals surface area (Å²) >= 11 is 0. The van der Waals surface area contributed by atoms with Crippen molar-refractivity contribution in [2.24, 2.45) is 5.10 Å². The molecule has 0 bridgehead atoms. The van der Waals surface area contributed by atoms with Crippen molar-refractivity contribution >= 4 is 11.7 Å². The molecule has 3 aromatic rings. The highest BCUT2D eigenvalue weighted by atomic mass is 15.4. The molecule has 1 N–H and O–H groups in total. The molecule has 1 atom stereocenters. The molecule has 0 amide bonds. The lowest BCUT2D eigenvalue weighted by molar-refractivity contribution is 0.462. The van der Waals surface area contributed by atoms with Crippen molar-refractivity contribution < 1.29 is 0 Å². The number of piperidine rings is 1. The Kier molecular flexibility index (Phi) is 9.29. The summed E-state index contributed by atoms with van der Waals surface area (Å²) in [6.45, 7) is 17.1. The van der Waals surface area contributed by atoms with Gasteiger partial charge in [0.25, 0.3) is 0 Å². The number of hydrogen-bond acceptors (Lipinski definition) is 5. The van der Waals surface area contributed by atoms with Gasteiger partial charge < -0.3 is 5.32 Å². The first-order valence-electron chi connectivity index (χ1n) is 13.9. The minimum absolute atomic E-state index is 0.408. The summed E-state index contributed by atoms with van der Waals surface area (Å²) in [6.07, 6.45) is 16.3. The molecule has 6 nitrogen and oxygen atoms in total. The largest absolute Gasteiger partial charge is 0.317 e. The van der Waals surface area contributed by atoms with Gasteiger partial charge in [-0.1, -0.05) is 44.2 Å². The Morgan fingerprint density at radius 1 is 1.16 bits per heavy atom.